The van der Waals surface area contributed by atoms with Crippen molar-refractivity contribution in [1.82, 2.24) is 21.1 Å². The monoisotopic (exact) mass is 318 g/mol. The van der Waals surface area contributed by atoms with Crippen LogP contribution in [-0.2, 0) is 0 Å². The van der Waals surface area contributed by atoms with Crippen LogP contribution in [0.4, 0.5) is 0 Å². The number of nitrogens with one attached hydrogen (secondary N) is 3. The first-order valence-electron chi connectivity index (χ1n) is 8.96. The summed E-state index contributed by atoms with van der Waals surface area (Å²) in [6, 6.07) is 10.6. The first-order chi connectivity index (χ1) is 11.3. The van der Waals surface area contributed by atoms with Crippen molar-refractivity contribution in [2.45, 2.75) is 31.4 Å². The number of nitrogens with zero attached hydrogens (tertiary/aromatic N) is 1. The van der Waals surface area contributed by atoms with Gasteiger partial charge in [0.1, 0.15) is 0 Å². The predicted octanol–water partition coefficient (Wildman–Crippen LogP) is 0.888. The Morgan fingerprint density at radius 1 is 1.13 bits per heavy atom. The number of hydrogen-bond donors (Lipinski definition) is 4. The van der Waals surface area contributed by atoms with Crippen LogP contribution in [0.15, 0.2) is 30.3 Å². The van der Waals surface area contributed by atoms with E-state index in [0.717, 1.165) is 50.7 Å². The van der Waals surface area contributed by atoms with Crippen molar-refractivity contribution in [3.05, 3.63) is 35.9 Å². The molecule has 128 valence electrons. The Morgan fingerprint density at radius 3 is 2.61 bits per heavy atom. The second kappa shape index (κ2) is 8.76. The number of piperidine rings is 1. The Bertz CT molecular complexity index is 442. The zero-order valence-electron chi connectivity index (χ0n) is 13.9. The minimum atomic E-state index is -0.369. The second-order valence-electron chi connectivity index (χ2n) is 6.89. The summed E-state index contributed by atoms with van der Waals surface area (Å²) in [6.45, 7) is 6.20. The van der Waals surface area contributed by atoms with Crippen molar-refractivity contribution in [3.63, 3.8) is 0 Å². The molecule has 3 rings (SSSR count). The largest absolute Gasteiger partial charge is 0.387 e. The maximum absolute atomic E-state index is 10.3. The van der Waals surface area contributed by atoms with E-state index in [2.05, 4.69) is 21.1 Å². The first-order valence-corrected chi connectivity index (χ1v) is 8.96. The molecule has 5 heteroatoms. The Balaban J connectivity index is 1.32. The molecule has 2 fully saturated rings. The highest BCUT2D eigenvalue weighted by molar-refractivity contribution is 5.17. The topological polar surface area (TPSA) is 59.6 Å². The van der Waals surface area contributed by atoms with Crippen LogP contribution < -0.4 is 16.2 Å². The molecule has 0 radical (unpaired) electrons. The van der Waals surface area contributed by atoms with E-state index in [-0.39, 0.29) is 6.10 Å². The van der Waals surface area contributed by atoms with Gasteiger partial charge in [-0.1, -0.05) is 30.3 Å². The summed E-state index contributed by atoms with van der Waals surface area (Å²) < 4.78 is 0. The number of hydrogen-bond acceptors (Lipinski definition) is 5. The molecule has 5 nitrogen and oxygen atoms in total. The standard InChI is InChI=1S/C18H30N4O/c23-18(16-4-2-1-3-5-16)14-22-10-7-15(8-11-22)12-19-13-17-6-9-20-21-17/h1-5,15,17-21,23H,6-14H2. The third-order valence-corrected chi connectivity index (χ3v) is 5.07. The summed E-state index contributed by atoms with van der Waals surface area (Å²) in [5.74, 6) is 0.773. The fraction of sp³-hybridized carbons (Fsp3) is 0.667. The number of rotatable bonds is 7. The minimum absolute atomic E-state index is 0.369. The van der Waals surface area contributed by atoms with Crippen molar-refractivity contribution >= 4 is 0 Å². The summed E-state index contributed by atoms with van der Waals surface area (Å²) in [5.41, 5.74) is 7.49. The van der Waals surface area contributed by atoms with Gasteiger partial charge in [-0.05, 0) is 50.4 Å². The van der Waals surface area contributed by atoms with Crippen LogP contribution in [-0.4, -0.2) is 55.3 Å². The molecule has 0 amide bonds. The maximum Gasteiger partial charge on any atom is 0.0916 e. The molecule has 2 atom stereocenters. The van der Waals surface area contributed by atoms with Gasteiger partial charge in [0, 0.05) is 25.7 Å². The van der Waals surface area contributed by atoms with Crippen molar-refractivity contribution in [3.8, 4) is 0 Å². The van der Waals surface area contributed by atoms with E-state index in [0.29, 0.717) is 6.04 Å². The number of β-amino-alcohol motifs (C(OH)–C–C–N with tert-alkyl or cyclic N) is 1. The number of aliphatic hydroxyl groups is 1. The van der Waals surface area contributed by atoms with Crippen LogP contribution in [0.2, 0.25) is 0 Å². The molecule has 0 saturated carbocycles. The highest BCUT2D eigenvalue weighted by Gasteiger charge is 2.22. The molecule has 4 N–H and O–H groups in total. The molecular formula is C18H30N4O. The summed E-state index contributed by atoms with van der Waals surface area (Å²) >= 11 is 0. The summed E-state index contributed by atoms with van der Waals surface area (Å²) in [7, 11) is 0. The van der Waals surface area contributed by atoms with Gasteiger partial charge in [-0.2, -0.15) is 0 Å². The van der Waals surface area contributed by atoms with Crippen molar-refractivity contribution in [1.29, 1.82) is 0 Å². The highest BCUT2D eigenvalue weighted by atomic mass is 16.3. The van der Waals surface area contributed by atoms with E-state index >= 15 is 0 Å². The van der Waals surface area contributed by atoms with E-state index in [9.17, 15) is 5.11 Å². The smallest absolute Gasteiger partial charge is 0.0916 e. The van der Waals surface area contributed by atoms with Gasteiger partial charge in [0.2, 0.25) is 0 Å². The number of benzene rings is 1. The Labute approximate surface area is 139 Å². The molecule has 0 aromatic heterocycles. The predicted molar refractivity (Wildman–Crippen MR) is 93.0 cm³/mol. The molecule has 1 aromatic rings. The van der Waals surface area contributed by atoms with Gasteiger partial charge >= 0.3 is 0 Å². The lowest BCUT2D eigenvalue weighted by Gasteiger charge is -2.33. The SMILES string of the molecule is OC(CN1CCC(CNCC2CCNN2)CC1)c1ccccc1. The first kappa shape index (κ1) is 16.9. The second-order valence-corrected chi connectivity index (χ2v) is 6.89. The van der Waals surface area contributed by atoms with Gasteiger partial charge in [-0.15, -0.1) is 0 Å². The van der Waals surface area contributed by atoms with E-state index in [4.69, 9.17) is 0 Å². The molecular weight excluding hydrogens is 288 g/mol. The van der Waals surface area contributed by atoms with E-state index in [1.54, 1.807) is 0 Å². The average molecular weight is 318 g/mol. The van der Waals surface area contributed by atoms with Crippen molar-refractivity contribution in [2.75, 3.05) is 39.3 Å². The lowest BCUT2D eigenvalue weighted by atomic mass is 9.96. The fourth-order valence-corrected chi connectivity index (χ4v) is 3.55. The molecule has 0 aliphatic carbocycles. The zero-order chi connectivity index (χ0) is 15.9. The molecule has 1 aromatic carbocycles. The number of hydrazine groups is 1. The van der Waals surface area contributed by atoms with Crippen LogP contribution in [0.3, 0.4) is 0 Å². The molecule has 2 heterocycles. The van der Waals surface area contributed by atoms with Crippen LogP contribution >= 0.6 is 0 Å². The number of aliphatic hydroxyl groups excluding tert-OH is 1. The van der Waals surface area contributed by atoms with Crippen molar-refractivity contribution < 1.29 is 5.11 Å². The summed E-state index contributed by atoms with van der Waals surface area (Å²) in [4.78, 5) is 2.40. The van der Waals surface area contributed by atoms with Gasteiger partial charge in [0.05, 0.1) is 6.10 Å². The van der Waals surface area contributed by atoms with E-state index in [1.807, 2.05) is 30.3 Å². The summed E-state index contributed by atoms with van der Waals surface area (Å²) in [6.07, 6.45) is 3.30. The molecule has 0 spiro atoms. The highest BCUT2D eigenvalue weighted by Crippen LogP contribution is 2.20. The van der Waals surface area contributed by atoms with Crippen LogP contribution in [0.25, 0.3) is 0 Å². The third-order valence-electron chi connectivity index (χ3n) is 5.07. The Morgan fingerprint density at radius 2 is 1.91 bits per heavy atom. The maximum atomic E-state index is 10.3. The molecule has 0 bridgehead atoms. The minimum Gasteiger partial charge on any atom is -0.387 e. The lowest BCUT2D eigenvalue weighted by molar-refractivity contribution is 0.0891. The molecule has 2 aliphatic rings. The van der Waals surface area contributed by atoms with Crippen LogP contribution in [0.5, 0.6) is 0 Å². The van der Waals surface area contributed by atoms with Gasteiger partial charge in [-0.3, -0.25) is 10.9 Å². The molecule has 2 unspecified atom stereocenters. The average Bonchev–Trinajstić information content (AvgIpc) is 3.11. The zero-order valence-corrected chi connectivity index (χ0v) is 13.9. The Hall–Kier alpha value is -0.980. The van der Waals surface area contributed by atoms with Crippen molar-refractivity contribution in [2.24, 2.45) is 5.92 Å². The lowest BCUT2D eigenvalue weighted by Crippen LogP contribution is -2.42. The molecule has 2 aliphatic heterocycles. The third kappa shape index (κ3) is 5.26. The fourth-order valence-electron chi connectivity index (χ4n) is 3.55. The van der Waals surface area contributed by atoms with Crippen LogP contribution in [0.1, 0.15) is 30.9 Å². The molecule has 23 heavy (non-hydrogen) atoms. The number of likely N-dealkylation sites (tertiary alicyclic amines) is 1. The molecule has 2 saturated heterocycles. The van der Waals surface area contributed by atoms with Gasteiger partial charge in [-0.25, -0.2) is 0 Å². The Kier molecular flexibility index (Phi) is 6.42. The van der Waals surface area contributed by atoms with Gasteiger partial charge in [0.25, 0.3) is 0 Å². The van der Waals surface area contributed by atoms with Crippen LogP contribution in [0, 0.1) is 5.92 Å². The van der Waals surface area contributed by atoms with Gasteiger partial charge < -0.3 is 15.3 Å². The normalized spacial score (nSPS) is 24.8. The summed E-state index contributed by atoms with van der Waals surface area (Å²) in [5, 5.41) is 13.9. The van der Waals surface area contributed by atoms with E-state index in [1.165, 1.54) is 19.3 Å². The van der Waals surface area contributed by atoms with E-state index < -0.39 is 0 Å². The quantitative estimate of drug-likeness (QED) is 0.601. The van der Waals surface area contributed by atoms with Gasteiger partial charge in [0.15, 0.2) is 0 Å².